The zero-order chi connectivity index (χ0) is 23.8. The molecule has 1 aromatic heterocycles. The standard InChI is InChI=1S/C21H25N5O5S2/c1-26(33(28,29)16-9-10-17(30-2)18(13-16)31-3)14-19(27)22-11-12-32-21-23-20(24-25-21)15-7-5-4-6-8-15/h4-10,13H,11-12,14H2,1-3H3,(H,22,27)(H,23,24,25). The van der Waals surface area contributed by atoms with E-state index >= 15 is 0 Å². The van der Waals surface area contributed by atoms with Crippen LogP contribution >= 0.6 is 11.8 Å². The summed E-state index contributed by atoms with van der Waals surface area (Å²) >= 11 is 1.38. The highest BCUT2D eigenvalue weighted by Crippen LogP contribution is 2.30. The number of nitrogens with zero attached hydrogens (tertiary/aromatic N) is 3. The monoisotopic (exact) mass is 491 g/mol. The molecule has 0 spiro atoms. The Morgan fingerprint density at radius 1 is 1.12 bits per heavy atom. The highest BCUT2D eigenvalue weighted by atomic mass is 32.2. The van der Waals surface area contributed by atoms with Crippen LogP contribution < -0.4 is 14.8 Å². The van der Waals surface area contributed by atoms with Crippen molar-refractivity contribution in [3.05, 3.63) is 48.5 Å². The second kappa shape index (κ2) is 11.2. The second-order valence-electron chi connectivity index (χ2n) is 6.81. The van der Waals surface area contributed by atoms with E-state index in [-0.39, 0.29) is 17.2 Å². The molecule has 176 valence electrons. The number of aromatic nitrogens is 3. The van der Waals surface area contributed by atoms with Crippen LogP contribution in [0.1, 0.15) is 0 Å². The van der Waals surface area contributed by atoms with Gasteiger partial charge in [-0.15, -0.1) is 5.10 Å². The summed E-state index contributed by atoms with van der Waals surface area (Å²) in [7, 11) is 0.350. The molecule has 1 heterocycles. The number of aromatic amines is 1. The SMILES string of the molecule is COc1ccc(S(=O)(=O)N(C)CC(=O)NCCSc2n[nH]c(-c3ccccc3)n2)cc1OC. The summed E-state index contributed by atoms with van der Waals surface area (Å²) in [5.41, 5.74) is 0.934. The van der Waals surface area contributed by atoms with Gasteiger partial charge in [0.25, 0.3) is 0 Å². The normalized spacial score (nSPS) is 11.4. The lowest BCUT2D eigenvalue weighted by Gasteiger charge is -2.18. The Hall–Kier alpha value is -3.09. The fraction of sp³-hybridized carbons (Fsp3) is 0.286. The first-order valence-electron chi connectivity index (χ1n) is 9.91. The van der Waals surface area contributed by atoms with Crippen molar-refractivity contribution >= 4 is 27.7 Å². The minimum absolute atomic E-state index is 0.00447. The average molecular weight is 492 g/mol. The van der Waals surface area contributed by atoms with E-state index in [1.54, 1.807) is 0 Å². The maximum Gasteiger partial charge on any atom is 0.243 e. The lowest BCUT2D eigenvalue weighted by molar-refractivity contribution is -0.121. The van der Waals surface area contributed by atoms with Crippen molar-refractivity contribution in [2.75, 3.05) is 40.1 Å². The maximum atomic E-state index is 12.8. The van der Waals surface area contributed by atoms with Crippen LogP contribution in [-0.2, 0) is 14.8 Å². The van der Waals surface area contributed by atoms with Crippen molar-refractivity contribution in [2.45, 2.75) is 10.1 Å². The van der Waals surface area contributed by atoms with Crippen molar-refractivity contribution in [3.8, 4) is 22.9 Å². The molecule has 1 amide bonds. The number of carbonyl (C=O) groups excluding carboxylic acids is 1. The van der Waals surface area contributed by atoms with Crippen molar-refractivity contribution < 1.29 is 22.7 Å². The topological polar surface area (TPSA) is 127 Å². The highest BCUT2D eigenvalue weighted by molar-refractivity contribution is 7.99. The first-order valence-corrected chi connectivity index (χ1v) is 12.3. The molecule has 10 nitrogen and oxygen atoms in total. The number of hydrogen-bond acceptors (Lipinski definition) is 8. The number of methoxy groups -OCH3 is 2. The number of likely N-dealkylation sites (N-methyl/N-ethyl adjacent to an activating group) is 1. The minimum Gasteiger partial charge on any atom is -0.493 e. The Morgan fingerprint density at radius 3 is 2.55 bits per heavy atom. The summed E-state index contributed by atoms with van der Waals surface area (Å²) in [5.74, 6) is 1.49. The molecule has 0 saturated heterocycles. The molecule has 0 bridgehead atoms. The van der Waals surface area contributed by atoms with Gasteiger partial charge in [-0.1, -0.05) is 42.1 Å². The predicted molar refractivity (Wildman–Crippen MR) is 125 cm³/mol. The van der Waals surface area contributed by atoms with Crippen molar-refractivity contribution in [1.82, 2.24) is 24.8 Å². The Balaban J connectivity index is 1.48. The third kappa shape index (κ3) is 6.24. The molecule has 3 aromatic rings. The predicted octanol–water partition coefficient (Wildman–Crippen LogP) is 2.02. The number of H-pyrrole nitrogens is 1. The van der Waals surface area contributed by atoms with Gasteiger partial charge in [0.2, 0.25) is 21.1 Å². The minimum atomic E-state index is -3.88. The molecule has 2 N–H and O–H groups in total. The number of nitrogens with one attached hydrogen (secondary N) is 2. The molecule has 0 aliphatic heterocycles. The zero-order valence-electron chi connectivity index (χ0n) is 18.4. The van der Waals surface area contributed by atoms with E-state index in [4.69, 9.17) is 9.47 Å². The summed E-state index contributed by atoms with van der Waals surface area (Å²) in [6.45, 7) is 0.0170. The van der Waals surface area contributed by atoms with E-state index in [1.165, 1.54) is 51.2 Å². The summed E-state index contributed by atoms with van der Waals surface area (Å²) in [4.78, 5) is 16.7. The van der Waals surface area contributed by atoms with E-state index in [2.05, 4.69) is 20.5 Å². The van der Waals surface area contributed by atoms with E-state index in [0.717, 1.165) is 9.87 Å². The van der Waals surface area contributed by atoms with Gasteiger partial charge in [-0.05, 0) is 12.1 Å². The summed E-state index contributed by atoms with van der Waals surface area (Å²) < 4.78 is 36.9. The summed E-state index contributed by atoms with van der Waals surface area (Å²) in [6, 6.07) is 13.9. The van der Waals surface area contributed by atoms with Crippen LogP contribution in [0.3, 0.4) is 0 Å². The van der Waals surface area contributed by atoms with Gasteiger partial charge in [0.05, 0.1) is 25.7 Å². The molecule has 0 unspecified atom stereocenters. The van der Waals surface area contributed by atoms with E-state index in [9.17, 15) is 13.2 Å². The molecular formula is C21H25N5O5S2. The number of rotatable bonds is 11. The van der Waals surface area contributed by atoms with Crippen LogP contribution in [0.5, 0.6) is 11.5 Å². The molecular weight excluding hydrogens is 466 g/mol. The zero-order valence-corrected chi connectivity index (χ0v) is 20.1. The van der Waals surface area contributed by atoms with Gasteiger partial charge in [-0.25, -0.2) is 13.4 Å². The molecule has 0 aliphatic carbocycles. The van der Waals surface area contributed by atoms with Crippen LogP contribution in [0.15, 0.2) is 58.6 Å². The van der Waals surface area contributed by atoms with Crippen LogP contribution in [0.2, 0.25) is 0 Å². The average Bonchev–Trinajstić information content (AvgIpc) is 3.30. The largest absolute Gasteiger partial charge is 0.493 e. The van der Waals surface area contributed by atoms with Gasteiger partial charge >= 0.3 is 0 Å². The number of carbonyl (C=O) groups is 1. The Kier molecular flexibility index (Phi) is 8.31. The fourth-order valence-corrected chi connectivity index (χ4v) is 4.66. The lowest BCUT2D eigenvalue weighted by atomic mass is 10.2. The number of hydrogen-bond donors (Lipinski definition) is 2. The van der Waals surface area contributed by atoms with E-state index in [0.29, 0.717) is 29.0 Å². The van der Waals surface area contributed by atoms with Crippen molar-refractivity contribution in [3.63, 3.8) is 0 Å². The Bertz CT molecular complexity index is 1180. The van der Waals surface area contributed by atoms with Gasteiger partial charge in [0.1, 0.15) is 0 Å². The maximum absolute atomic E-state index is 12.8. The molecule has 0 atom stereocenters. The van der Waals surface area contributed by atoms with Gasteiger partial charge in [-0.3, -0.25) is 9.89 Å². The lowest BCUT2D eigenvalue weighted by Crippen LogP contribution is -2.39. The van der Waals surface area contributed by atoms with Crippen LogP contribution in [0.25, 0.3) is 11.4 Å². The highest BCUT2D eigenvalue weighted by Gasteiger charge is 2.24. The summed E-state index contributed by atoms with van der Waals surface area (Å²) in [5, 5.41) is 10.3. The number of sulfonamides is 1. The van der Waals surface area contributed by atoms with E-state index in [1.807, 2.05) is 30.3 Å². The van der Waals surface area contributed by atoms with Crippen LogP contribution in [0, 0.1) is 0 Å². The molecule has 0 radical (unpaired) electrons. The Labute approximate surface area is 196 Å². The van der Waals surface area contributed by atoms with Crippen molar-refractivity contribution in [2.24, 2.45) is 0 Å². The molecule has 0 aliphatic rings. The van der Waals surface area contributed by atoms with Gasteiger partial charge < -0.3 is 14.8 Å². The smallest absolute Gasteiger partial charge is 0.243 e. The third-order valence-corrected chi connectivity index (χ3v) is 7.25. The first-order chi connectivity index (χ1) is 15.8. The van der Waals surface area contributed by atoms with E-state index < -0.39 is 15.9 Å². The molecule has 0 saturated carbocycles. The molecule has 3 rings (SSSR count). The van der Waals surface area contributed by atoms with Gasteiger partial charge in [-0.2, -0.15) is 4.31 Å². The molecule has 33 heavy (non-hydrogen) atoms. The molecule has 2 aromatic carbocycles. The number of ether oxygens (including phenoxy) is 2. The number of amides is 1. The second-order valence-corrected chi connectivity index (χ2v) is 9.92. The van der Waals surface area contributed by atoms with Gasteiger partial charge in [0, 0.05) is 31.0 Å². The van der Waals surface area contributed by atoms with Crippen molar-refractivity contribution in [1.29, 1.82) is 0 Å². The summed E-state index contributed by atoms with van der Waals surface area (Å²) in [6.07, 6.45) is 0. The fourth-order valence-electron chi connectivity index (χ4n) is 2.87. The molecule has 12 heteroatoms. The van der Waals surface area contributed by atoms with Crippen LogP contribution in [-0.4, -0.2) is 73.9 Å². The quantitative estimate of drug-likeness (QED) is 0.308. The van der Waals surface area contributed by atoms with Crippen LogP contribution in [0.4, 0.5) is 0 Å². The number of benzene rings is 2. The molecule has 0 fully saturated rings. The first kappa shape index (κ1) is 24.6. The van der Waals surface area contributed by atoms with Gasteiger partial charge in [0.15, 0.2) is 17.3 Å². The third-order valence-electron chi connectivity index (χ3n) is 4.60. The Morgan fingerprint density at radius 2 is 1.85 bits per heavy atom. The number of thioether (sulfide) groups is 1.